The fraction of sp³-hybridized carbons (Fsp3) is 0.500. The summed E-state index contributed by atoms with van der Waals surface area (Å²) in [7, 11) is 0. The average Bonchev–Trinajstić information content (AvgIpc) is 2.74. The molecule has 1 fully saturated rings. The van der Waals surface area contributed by atoms with Gasteiger partial charge in [-0.15, -0.1) is 0 Å². The van der Waals surface area contributed by atoms with Crippen LogP contribution in [-0.2, 0) is 17.8 Å². The van der Waals surface area contributed by atoms with Gasteiger partial charge in [0.15, 0.2) is 6.61 Å². The van der Waals surface area contributed by atoms with E-state index in [1.54, 1.807) is 0 Å². The molecule has 0 saturated heterocycles. The van der Waals surface area contributed by atoms with Crippen molar-refractivity contribution in [3.05, 3.63) is 58.0 Å². The van der Waals surface area contributed by atoms with E-state index in [2.05, 4.69) is 20.2 Å². The largest absolute Gasteiger partial charge is 0.484 e. The van der Waals surface area contributed by atoms with Gasteiger partial charge in [-0.1, -0.05) is 6.42 Å². The lowest BCUT2D eigenvalue weighted by Crippen LogP contribution is -2.44. The predicted octanol–water partition coefficient (Wildman–Crippen LogP) is 2.02. The molecule has 0 radical (unpaired) electrons. The minimum Gasteiger partial charge on any atom is -0.484 e. The molecule has 1 aromatic heterocycles. The fourth-order valence-corrected chi connectivity index (χ4v) is 4.48. The van der Waals surface area contributed by atoms with Crippen molar-refractivity contribution in [3.63, 3.8) is 0 Å². The van der Waals surface area contributed by atoms with Crippen molar-refractivity contribution in [2.24, 2.45) is 5.92 Å². The number of ether oxygens (including phenoxy) is 1. The summed E-state index contributed by atoms with van der Waals surface area (Å²) in [4.78, 5) is 33.5. The van der Waals surface area contributed by atoms with Crippen molar-refractivity contribution in [1.29, 1.82) is 0 Å². The number of carbonyl (C=O) groups excluding carboxylic acids is 1. The fourth-order valence-electron chi connectivity index (χ4n) is 4.48. The normalized spacial score (nSPS) is 21.6. The third kappa shape index (κ3) is 5.24. The number of aromatic amines is 1. The van der Waals surface area contributed by atoms with Crippen LogP contribution in [0.15, 0.2) is 35.4 Å². The summed E-state index contributed by atoms with van der Waals surface area (Å²) in [6.45, 7) is 2.45. The van der Waals surface area contributed by atoms with Gasteiger partial charge in [0.05, 0.1) is 12.0 Å². The van der Waals surface area contributed by atoms with Gasteiger partial charge >= 0.3 is 0 Å². The van der Waals surface area contributed by atoms with Gasteiger partial charge in [0, 0.05) is 31.2 Å². The van der Waals surface area contributed by atoms with Crippen LogP contribution in [0.5, 0.6) is 5.75 Å². The second-order valence-corrected chi connectivity index (χ2v) is 8.18. The molecule has 30 heavy (non-hydrogen) atoms. The van der Waals surface area contributed by atoms with Gasteiger partial charge in [-0.2, -0.15) is 0 Å². The second-order valence-electron chi connectivity index (χ2n) is 8.18. The molecule has 8 heteroatoms. The van der Waals surface area contributed by atoms with Gasteiger partial charge in [0.1, 0.15) is 11.6 Å². The number of hydrogen-bond acceptors (Lipinski definition) is 5. The molecule has 1 aromatic carbocycles. The Bertz CT molecular complexity index is 931. The minimum absolute atomic E-state index is 0.0250. The molecule has 0 spiro atoms. The number of amides is 1. The summed E-state index contributed by atoms with van der Waals surface area (Å²) in [6.07, 6.45) is 6.34. The molecule has 2 atom stereocenters. The maximum Gasteiger partial charge on any atom is 0.258 e. The lowest BCUT2D eigenvalue weighted by Gasteiger charge is -2.35. The van der Waals surface area contributed by atoms with Crippen LogP contribution in [0.4, 0.5) is 4.39 Å². The Kier molecular flexibility index (Phi) is 6.42. The number of nitrogens with one attached hydrogen (secondary N) is 2. The number of benzene rings is 1. The Morgan fingerprint density at radius 2 is 2.13 bits per heavy atom. The zero-order valence-corrected chi connectivity index (χ0v) is 16.9. The molecule has 0 unspecified atom stereocenters. The molecule has 2 N–H and O–H groups in total. The Labute approximate surface area is 174 Å². The number of halogens is 1. The van der Waals surface area contributed by atoms with E-state index in [0.29, 0.717) is 18.2 Å². The topological polar surface area (TPSA) is 87.3 Å². The Morgan fingerprint density at radius 1 is 1.30 bits per heavy atom. The first kappa shape index (κ1) is 20.5. The number of nitrogens with zero attached hydrogens (tertiary/aromatic N) is 2. The minimum atomic E-state index is -0.333. The van der Waals surface area contributed by atoms with E-state index in [1.165, 1.54) is 30.6 Å². The number of fused-ring (bicyclic) bond motifs is 1. The summed E-state index contributed by atoms with van der Waals surface area (Å²) in [5, 5.41) is 3.08. The molecular weight excluding hydrogens is 387 g/mol. The molecule has 160 valence electrons. The van der Waals surface area contributed by atoms with Crippen LogP contribution in [0.2, 0.25) is 0 Å². The molecule has 1 aliphatic carbocycles. The first-order valence-corrected chi connectivity index (χ1v) is 10.5. The van der Waals surface area contributed by atoms with Crippen molar-refractivity contribution < 1.29 is 13.9 Å². The quantitative estimate of drug-likeness (QED) is 0.755. The molecule has 7 nitrogen and oxygen atoms in total. The summed E-state index contributed by atoms with van der Waals surface area (Å²) < 4.78 is 18.4. The van der Waals surface area contributed by atoms with Gasteiger partial charge in [0.25, 0.3) is 11.5 Å². The number of rotatable bonds is 6. The molecule has 4 rings (SSSR count). The molecular formula is C22H27FN4O3. The highest BCUT2D eigenvalue weighted by molar-refractivity contribution is 5.77. The van der Waals surface area contributed by atoms with Crippen LogP contribution >= 0.6 is 0 Å². The van der Waals surface area contributed by atoms with Crippen molar-refractivity contribution >= 4 is 5.91 Å². The Balaban J connectivity index is 1.24. The van der Waals surface area contributed by atoms with Crippen LogP contribution in [-0.4, -0.2) is 46.5 Å². The third-order valence-electron chi connectivity index (χ3n) is 5.94. The van der Waals surface area contributed by atoms with E-state index < -0.39 is 0 Å². The van der Waals surface area contributed by atoms with E-state index >= 15 is 0 Å². The highest BCUT2D eigenvalue weighted by atomic mass is 19.1. The third-order valence-corrected chi connectivity index (χ3v) is 5.94. The lowest BCUT2D eigenvalue weighted by atomic mass is 9.85. The predicted molar refractivity (Wildman–Crippen MR) is 110 cm³/mol. The van der Waals surface area contributed by atoms with Crippen LogP contribution in [0.25, 0.3) is 0 Å². The van der Waals surface area contributed by atoms with Gasteiger partial charge < -0.3 is 15.0 Å². The maximum atomic E-state index is 12.9. The van der Waals surface area contributed by atoms with Crippen LogP contribution in [0.3, 0.4) is 0 Å². The average molecular weight is 414 g/mol. The van der Waals surface area contributed by atoms with Crippen molar-refractivity contribution in [2.45, 2.75) is 44.7 Å². The lowest BCUT2D eigenvalue weighted by molar-refractivity contribution is -0.124. The van der Waals surface area contributed by atoms with E-state index in [0.717, 1.165) is 56.5 Å². The summed E-state index contributed by atoms with van der Waals surface area (Å²) in [5.74, 6) is 0.497. The molecule has 2 heterocycles. The first-order chi connectivity index (χ1) is 14.6. The van der Waals surface area contributed by atoms with Gasteiger partial charge in [-0.05, 0) is 55.9 Å². The maximum absolute atomic E-state index is 12.9. The molecule has 2 aliphatic rings. The van der Waals surface area contributed by atoms with E-state index in [4.69, 9.17) is 4.74 Å². The SMILES string of the molecule is O=C(COc1ccc(F)cc1)N[C@H]1CCC[C@@H](CN2CCc3c(nc[nH]c3=O)C2)C1. The van der Waals surface area contributed by atoms with Crippen molar-refractivity contribution in [3.8, 4) is 5.75 Å². The summed E-state index contributed by atoms with van der Waals surface area (Å²) in [6, 6.07) is 5.79. The number of hydrogen-bond donors (Lipinski definition) is 2. The molecule has 0 bridgehead atoms. The van der Waals surface area contributed by atoms with E-state index in [9.17, 15) is 14.0 Å². The molecule has 2 aromatic rings. The summed E-state index contributed by atoms with van der Waals surface area (Å²) in [5.41, 5.74) is 1.66. The molecule has 1 aliphatic heterocycles. The standard InChI is InChI=1S/C22H27FN4O3/c23-16-4-6-18(7-5-16)30-13-21(28)26-17-3-1-2-15(10-17)11-27-9-8-19-20(12-27)24-14-25-22(19)29/h4-7,14-15,17H,1-3,8-13H2,(H,26,28)(H,24,25,29)/t15-,17+/m1/s1. The molecule has 1 saturated carbocycles. The van der Waals surface area contributed by atoms with Crippen molar-refractivity contribution in [2.75, 3.05) is 19.7 Å². The monoisotopic (exact) mass is 414 g/mol. The van der Waals surface area contributed by atoms with Gasteiger partial charge in [0.2, 0.25) is 0 Å². The summed E-state index contributed by atoms with van der Waals surface area (Å²) >= 11 is 0. The number of H-pyrrole nitrogens is 1. The highest BCUT2D eigenvalue weighted by Gasteiger charge is 2.27. The highest BCUT2D eigenvalue weighted by Crippen LogP contribution is 2.26. The molecule has 1 amide bonds. The zero-order valence-electron chi connectivity index (χ0n) is 16.9. The second kappa shape index (κ2) is 9.38. The van der Waals surface area contributed by atoms with E-state index in [1.807, 2.05) is 0 Å². The van der Waals surface area contributed by atoms with Crippen LogP contribution in [0.1, 0.15) is 36.9 Å². The Morgan fingerprint density at radius 3 is 2.97 bits per heavy atom. The number of aromatic nitrogens is 2. The van der Waals surface area contributed by atoms with Crippen LogP contribution in [0, 0.1) is 11.7 Å². The van der Waals surface area contributed by atoms with Gasteiger partial charge in [-0.25, -0.2) is 9.37 Å². The van der Waals surface area contributed by atoms with Crippen molar-refractivity contribution in [1.82, 2.24) is 20.2 Å². The first-order valence-electron chi connectivity index (χ1n) is 10.5. The van der Waals surface area contributed by atoms with Gasteiger partial charge in [-0.3, -0.25) is 14.5 Å². The smallest absolute Gasteiger partial charge is 0.258 e. The Hall–Kier alpha value is -2.74. The van der Waals surface area contributed by atoms with E-state index in [-0.39, 0.29) is 29.9 Å². The van der Waals surface area contributed by atoms with Crippen LogP contribution < -0.4 is 15.6 Å². The number of carbonyl (C=O) groups is 1. The zero-order chi connectivity index (χ0) is 20.9.